The first-order valence-corrected chi connectivity index (χ1v) is 10.2. The van der Waals surface area contributed by atoms with Gasteiger partial charge < -0.3 is 14.5 Å². The number of benzene rings is 2. The standard InChI is InChI=1S/C22H20F3N3O3/c23-22(24,25)30-15-9-10-16-17(13-15)27-19(26-16)18-21(11-5-2-6-12-21)31-20(29)28(18)14-7-3-1-4-8-14/h1,3-4,7-10,13,18H,2,5-6,11-12H2,(H,26,27)/t18-/m1/s1. The van der Waals surface area contributed by atoms with Gasteiger partial charge in [-0.25, -0.2) is 9.78 Å². The zero-order valence-electron chi connectivity index (χ0n) is 16.5. The average molecular weight is 431 g/mol. The van der Waals surface area contributed by atoms with E-state index in [2.05, 4.69) is 14.7 Å². The van der Waals surface area contributed by atoms with Gasteiger partial charge in [0.15, 0.2) is 0 Å². The topological polar surface area (TPSA) is 67.5 Å². The minimum absolute atomic E-state index is 0.329. The monoisotopic (exact) mass is 431 g/mol. The molecule has 2 aromatic carbocycles. The van der Waals surface area contributed by atoms with E-state index in [4.69, 9.17) is 4.74 Å². The summed E-state index contributed by atoms with van der Waals surface area (Å²) in [6, 6.07) is 12.6. The number of rotatable bonds is 3. The minimum Gasteiger partial charge on any atom is -0.440 e. The first-order chi connectivity index (χ1) is 14.8. The molecule has 1 N–H and O–H groups in total. The van der Waals surface area contributed by atoms with Crippen molar-refractivity contribution < 1.29 is 27.4 Å². The Kier molecular flexibility index (Phi) is 4.56. The number of carbonyl (C=O) groups excluding carboxylic acids is 1. The third-order valence-corrected chi connectivity index (χ3v) is 5.94. The second kappa shape index (κ2) is 7.18. The van der Waals surface area contributed by atoms with E-state index in [1.165, 1.54) is 18.2 Å². The van der Waals surface area contributed by atoms with Gasteiger partial charge in [-0.2, -0.15) is 0 Å². The SMILES string of the molecule is O=C1OC2(CCCCC2)[C@@H](c2nc3cc(OC(F)(F)F)ccc3[nH]2)N1c1ccccc1. The summed E-state index contributed by atoms with van der Waals surface area (Å²) < 4.78 is 47.8. The number of alkyl halides is 3. The molecule has 2 fully saturated rings. The number of ether oxygens (including phenoxy) is 2. The molecule has 1 aliphatic carbocycles. The predicted octanol–water partition coefficient (Wildman–Crippen LogP) is 5.86. The maximum absolute atomic E-state index is 13.0. The highest BCUT2D eigenvalue weighted by molar-refractivity contribution is 5.92. The number of imidazole rings is 1. The van der Waals surface area contributed by atoms with Gasteiger partial charge in [0.25, 0.3) is 0 Å². The number of hydrogen-bond acceptors (Lipinski definition) is 4. The fourth-order valence-electron chi connectivity index (χ4n) is 4.69. The number of nitrogens with zero attached hydrogens (tertiary/aromatic N) is 2. The van der Waals surface area contributed by atoms with Crippen molar-refractivity contribution in [1.29, 1.82) is 0 Å². The number of carbonyl (C=O) groups is 1. The summed E-state index contributed by atoms with van der Waals surface area (Å²) in [7, 11) is 0. The molecule has 5 rings (SSSR count). The average Bonchev–Trinajstić information content (AvgIpc) is 3.25. The third-order valence-electron chi connectivity index (χ3n) is 5.94. The number of H-pyrrole nitrogens is 1. The first-order valence-electron chi connectivity index (χ1n) is 10.2. The number of amides is 1. The number of fused-ring (bicyclic) bond motifs is 1. The van der Waals surface area contributed by atoms with Gasteiger partial charge in [0, 0.05) is 11.8 Å². The van der Waals surface area contributed by atoms with E-state index in [1.54, 1.807) is 4.90 Å². The number of para-hydroxylation sites is 1. The Morgan fingerprint density at radius 3 is 2.55 bits per heavy atom. The molecular weight excluding hydrogens is 411 g/mol. The smallest absolute Gasteiger partial charge is 0.440 e. The van der Waals surface area contributed by atoms with Gasteiger partial charge in [-0.15, -0.1) is 13.2 Å². The maximum atomic E-state index is 13.0. The number of aromatic amines is 1. The molecule has 1 saturated carbocycles. The Balaban J connectivity index is 1.60. The zero-order chi connectivity index (χ0) is 21.6. The van der Waals surface area contributed by atoms with E-state index in [0.29, 0.717) is 35.4 Å². The van der Waals surface area contributed by atoms with Crippen molar-refractivity contribution in [3.63, 3.8) is 0 Å². The van der Waals surface area contributed by atoms with Crippen LogP contribution in [0.25, 0.3) is 11.0 Å². The molecule has 1 aromatic heterocycles. The third kappa shape index (κ3) is 3.58. The number of nitrogens with one attached hydrogen (secondary N) is 1. The molecule has 162 valence electrons. The minimum atomic E-state index is -4.78. The van der Waals surface area contributed by atoms with Crippen LogP contribution in [-0.2, 0) is 4.74 Å². The fourth-order valence-corrected chi connectivity index (χ4v) is 4.69. The van der Waals surface area contributed by atoms with E-state index in [1.807, 2.05) is 30.3 Å². The molecular formula is C22H20F3N3O3. The van der Waals surface area contributed by atoms with Crippen LogP contribution in [0.4, 0.5) is 23.7 Å². The summed E-state index contributed by atoms with van der Waals surface area (Å²) in [5, 5.41) is 0. The van der Waals surface area contributed by atoms with Crippen LogP contribution in [0.3, 0.4) is 0 Å². The summed E-state index contributed by atoms with van der Waals surface area (Å²) >= 11 is 0. The molecule has 3 aromatic rings. The second-order valence-corrected chi connectivity index (χ2v) is 7.95. The van der Waals surface area contributed by atoms with Crippen molar-refractivity contribution >= 4 is 22.8 Å². The van der Waals surface area contributed by atoms with E-state index >= 15 is 0 Å². The summed E-state index contributed by atoms with van der Waals surface area (Å²) in [5.74, 6) is 0.139. The lowest BCUT2D eigenvalue weighted by molar-refractivity contribution is -0.274. The van der Waals surface area contributed by atoms with Crippen LogP contribution in [0.2, 0.25) is 0 Å². The number of hydrogen-bond donors (Lipinski definition) is 1. The molecule has 1 atom stereocenters. The fraction of sp³-hybridized carbons (Fsp3) is 0.364. The Morgan fingerprint density at radius 1 is 1.10 bits per heavy atom. The summed E-state index contributed by atoms with van der Waals surface area (Å²) in [5.41, 5.74) is 0.837. The highest BCUT2D eigenvalue weighted by Gasteiger charge is 2.56. The van der Waals surface area contributed by atoms with Crippen LogP contribution in [0.5, 0.6) is 5.75 Å². The normalized spacial score (nSPS) is 20.9. The second-order valence-electron chi connectivity index (χ2n) is 7.95. The van der Waals surface area contributed by atoms with Gasteiger partial charge in [-0.3, -0.25) is 4.90 Å². The molecule has 2 heterocycles. The maximum Gasteiger partial charge on any atom is 0.573 e. The Morgan fingerprint density at radius 2 is 1.84 bits per heavy atom. The summed E-state index contributed by atoms with van der Waals surface area (Å²) in [6.07, 6.45) is -0.908. The molecule has 2 aliphatic rings. The lowest BCUT2D eigenvalue weighted by Gasteiger charge is -2.36. The molecule has 1 amide bonds. The van der Waals surface area contributed by atoms with Gasteiger partial charge >= 0.3 is 12.5 Å². The van der Waals surface area contributed by atoms with Crippen molar-refractivity contribution in [3.05, 3.63) is 54.4 Å². The lowest BCUT2D eigenvalue weighted by Crippen LogP contribution is -2.40. The van der Waals surface area contributed by atoms with Gasteiger partial charge in [0.2, 0.25) is 0 Å². The van der Waals surface area contributed by atoms with Gasteiger partial charge in [-0.1, -0.05) is 24.6 Å². The van der Waals surface area contributed by atoms with E-state index in [-0.39, 0.29) is 5.75 Å². The van der Waals surface area contributed by atoms with Crippen LogP contribution >= 0.6 is 0 Å². The molecule has 6 nitrogen and oxygen atoms in total. The quantitative estimate of drug-likeness (QED) is 0.564. The van der Waals surface area contributed by atoms with Crippen LogP contribution in [0.1, 0.15) is 44.0 Å². The van der Waals surface area contributed by atoms with E-state index < -0.39 is 24.1 Å². The first kappa shape index (κ1) is 19.7. The van der Waals surface area contributed by atoms with Crippen molar-refractivity contribution in [2.24, 2.45) is 0 Å². The van der Waals surface area contributed by atoms with Crippen molar-refractivity contribution in [1.82, 2.24) is 9.97 Å². The molecule has 0 bridgehead atoms. The van der Waals surface area contributed by atoms with Crippen LogP contribution in [-0.4, -0.2) is 28.0 Å². The molecule has 1 spiro atoms. The van der Waals surface area contributed by atoms with Crippen LogP contribution < -0.4 is 9.64 Å². The predicted molar refractivity (Wildman–Crippen MR) is 107 cm³/mol. The van der Waals surface area contributed by atoms with Crippen molar-refractivity contribution in [2.45, 2.75) is 50.1 Å². The Hall–Kier alpha value is -3.23. The largest absolute Gasteiger partial charge is 0.573 e. The highest BCUT2D eigenvalue weighted by atomic mass is 19.4. The Bertz CT molecular complexity index is 1110. The van der Waals surface area contributed by atoms with Crippen molar-refractivity contribution in [2.75, 3.05) is 4.90 Å². The lowest BCUT2D eigenvalue weighted by atomic mass is 9.79. The molecule has 1 saturated heterocycles. The van der Waals surface area contributed by atoms with Crippen LogP contribution in [0.15, 0.2) is 48.5 Å². The molecule has 0 unspecified atom stereocenters. The summed E-state index contributed by atoms with van der Waals surface area (Å²) in [4.78, 5) is 22.3. The van der Waals surface area contributed by atoms with E-state index in [0.717, 1.165) is 19.3 Å². The molecule has 9 heteroatoms. The van der Waals surface area contributed by atoms with E-state index in [9.17, 15) is 18.0 Å². The molecule has 0 radical (unpaired) electrons. The van der Waals surface area contributed by atoms with Gasteiger partial charge in [0.05, 0.1) is 11.0 Å². The highest BCUT2D eigenvalue weighted by Crippen LogP contribution is 2.50. The molecule has 1 aliphatic heterocycles. The van der Waals surface area contributed by atoms with Crippen molar-refractivity contribution in [3.8, 4) is 5.75 Å². The van der Waals surface area contributed by atoms with Crippen LogP contribution in [0, 0.1) is 0 Å². The van der Waals surface area contributed by atoms with Gasteiger partial charge in [0.1, 0.15) is 23.2 Å². The number of anilines is 1. The number of halogens is 3. The summed E-state index contributed by atoms with van der Waals surface area (Å²) in [6.45, 7) is 0. The zero-order valence-corrected chi connectivity index (χ0v) is 16.5. The Labute approximate surface area is 176 Å². The van der Waals surface area contributed by atoms with Gasteiger partial charge in [-0.05, 0) is 49.9 Å². The molecule has 31 heavy (non-hydrogen) atoms. The number of aromatic nitrogens is 2.